The molecule has 2 aliphatic rings. The highest BCUT2D eigenvalue weighted by Crippen LogP contribution is 2.44. The molecular weight excluding hydrogens is 258 g/mol. The van der Waals surface area contributed by atoms with E-state index < -0.39 is 0 Å². The number of aromatic nitrogens is 2. The molecule has 0 radical (unpaired) electrons. The summed E-state index contributed by atoms with van der Waals surface area (Å²) >= 11 is 0. The molecule has 0 aliphatic heterocycles. The lowest BCUT2D eigenvalue weighted by Crippen LogP contribution is -2.30. The van der Waals surface area contributed by atoms with E-state index in [1.54, 1.807) is 0 Å². The molecule has 0 saturated heterocycles. The van der Waals surface area contributed by atoms with Crippen LogP contribution in [0.5, 0.6) is 0 Å². The highest BCUT2D eigenvalue weighted by molar-refractivity contribution is 5.06. The summed E-state index contributed by atoms with van der Waals surface area (Å²) in [6.07, 6.45) is 15.3. The molecule has 2 aliphatic carbocycles. The van der Waals surface area contributed by atoms with Gasteiger partial charge in [0.25, 0.3) is 0 Å². The first-order valence-corrected chi connectivity index (χ1v) is 8.99. The second-order valence-corrected chi connectivity index (χ2v) is 7.48. The van der Waals surface area contributed by atoms with Crippen LogP contribution < -0.4 is 5.73 Å². The molecule has 0 amide bonds. The average molecular weight is 289 g/mol. The molecule has 2 saturated carbocycles. The molecular formula is C18H31N3. The van der Waals surface area contributed by atoms with E-state index in [4.69, 9.17) is 10.8 Å². The molecule has 2 fully saturated rings. The van der Waals surface area contributed by atoms with Crippen molar-refractivity contribution < 1.29 is 0 Å². The Morgan fingerprint density at radius 3 is 2.76 bits per heavy atom. The SMILES string of the molecule is CCC1CCC(CN)(Cc2ccn(C3CCCCC3)n2)C1. The van der Waals surface area contributed by atoms with Crippen LogP contribution in [-0.4, -0.2) is 16.3 Å². The van der Waals surface area contributed by atoms with Gasteiger partial charge >= 0.3 is 0 Å². The Morgan fingerprint density at radius 1 is 1.29 bits per heavy atom. The largest absolute Gasteiger partial charge is 0.330 e. The summed E-state index contributed by atoms with van der Waals surface area (Å²) in [7, 11) is 0. The summed E-state index contributed by atoms with van der Waals surface area (Å²) in [6, 6.07) is 2.89. The van der Waals surface area contributed by atoms with Crippen LogP contribution in [0.2, 0.25) is 0 Å². The Kier molecular flexibility index (Phi) is 4.68. The van der Waals surface area contributed by atoms with Crippen molar-refractivity contribution in [2.45, 2.75) is 77.2 Å². The average Bonchev–Trinajstić information content (AvgIpc) is 3.16. The fourth-order valence-corrected chi connectivity index (χ4v) is 4.50. The zero-order valence-electron chi connectivity index (χ0n) is 13.6. The monoisotopic (exact) mass is 289 g/mol. The van der Waals surface area contributed by atoms with Crippen molar-refractivity contribution in [1.82, 2.24) is 9.78 Å². The van der Waals surface area contributed by atoms with Crippen molar-refractivity contribution in [2.75, 3.05) is 6.54 Å². The molecule has 3 heteroatoms. The van der Waals surface area contributed by atoms with Crippen LogP contribution in [0.15, 0.2) is 12.3 Å². The third-order valence-corrected chi connectivity index (χ3v) is 5.98. The Morgan fingerprint density at radius 2 is 2.10 bits per heavy atom. The highest BCUT2D eigenvalue weighted by Gasteiger charge is 2.37. The summed E-state index contributed by atoms with van der Waals surface area (Å²) < 4.78 is 2.24. The molecule has 0 bridgehead atoms. The minimum absolute atomic E-state index is 0.326. The van der Waals surface area contributed by atoms with Crippen molar-refractivity contribution in [3.05, 3.63) is 18.0 Å². The number of rotatable bonds is 5. The summed E-state index contributed by atoms with van der Waals surface area (Å²) in [6.45, 7) is 3.13. The highest BCUT2D eigenvalue weighted by atomic mass is 15.3. The fraction of sp³-hybridized carbons (Fsp3) is 0.833. The van der Waals surface area contributed by atoms with Gasteiger partial charge in [-0.25, -0.2) is 0 Å². The molecule has 118 valence electrons. The third kappa shape index (κ3) is 3.33. The molecule has 3 rings (SSSR count). The van der Waals surface area contributed by atoms with Crippen molar-refractivity contribution >= 4 is 0 Å². The lowest BCUT2D eigenvalue weighted by molar-refractivity contribution is 0.283. The van der Waals surface area contributed by atoms with Gasteiger partial charge in [0.2, 0.25) is 0 Å². The zero-order valence-corrected chi connectivity index (χ0v) is 13.6. The van der Waals surface area contributed by atoms with E-state index in [1.807, 2.05) is 0 Å². The van der Waals surface area contributed by atoms with Crippen molar-refractivity contribution in [3.8, 4) is 0 Å². The van der Waals surface area contributed by atoms with Crippen LogP contribution in [0.1, 0.15) is 76.4 Å². The minimum atomic E-state index is 0.326. The van der Waals surface area contributed by atoms with Gasteiger partial charge in [-0.3, -0.25) is 4.68 Å². The summed E-state index contributed by atoms with van der Waals surface area (Å²) in [5.74, 6) is 0.883. The molecule has 0 aromatic carbocycles. The van der Waals surface area contributed by atoms with Crippen molar-refractivity contribution in [3.63, 3.8) is 0 Å². The van der Waals surface area contributed by atoms with Gasteiger partial charge in [0.05, 0.1) is 11.7 Å². The normalized spacial score (nSPS) is 30.9. The number of nitrogens with two attached hydrogens (primary N) is 1. The van der Waals surface area contributed by atoms with Crippen molar-refractivity contribution in [1.29, 1.82) is 0 Å². The maximum atomic E-state index is 6.15. The molecule has 2 N–H and O–H groups in total. The third-order valence-electron chi connectivity index (χ3n) is 5.98. The summed E-state index contributed by atoms with van der Waals surface area (Å²) in [4.78, 5) is 0. The van der Waals surface area contributed by atoms with E-state index in [9.17, 15) is 0 Å². The van der Waals surface area contributed by atoms with Crippen LogP contribution in [0, 0.1) is 11.3 Å². The molecule has 21 heavy (non-hydrogen) atoms. The smallest absolute Gasteiger partial charge is 0.0630 e. The Balaban J connectivity index is 1.65. The predicted molar refractivity (Wildman–Crippen MR) is 87.2 cm³/mol. The van der Waals surface area contributed by atoms with E-state index >= 15 is 0 Å². The quantitative estimate of drug-likeness (QED) is 0.887. The molecule has 2 unspecified atom stereocenters. The lowest BCUT2D eigenvalue weighted by atomic mass is 9.80. The number of hydrogen-bond acceptors (Lipinski definition) is 2. The fourth-order valence-electron chi connectivity index (χ4n) is 4.50. The first-order chi connectivity index (χ1) is 10.2. The van der Waals surface area contributed by atoms with Gasteiger partial charge in [0.1, 0.15) is 0 Å². The Labute approximate surface area is 129 Å². The minimum Gasteiger partial charge on any atom is -0.330 e. The van der Waals surface area contributed by atoms with Gasteiger partial charge in [-0.15, -0.1) is 0 Å². The molecule has 1 aromatic rings. The maximum Gasteiger partial charge on any atom is 0.0630 e. The maximum absolute atomic E-state index is 6.15. The molecule has 2 atom stereocenters. The van der Waals surface area contributed by atoms with Gasteiger partial charge in [0.15, 0.2) is 0 Å². The van der Waals surface area contributed by atoms with E-state index in [0.717, 1.165) is 18.9 Å². The van der Waals surface area contributed by atoms with Crippen LogP contribution >= 0.6 is 0 Å². The van der Waals surface area contributed by atoms with Crippen molar-refractivity contribution in [2.24, 2.45) is 17.1 Å². The van der Waals surface area contributed by atoms with Gasteiger partial charge in [-0.2, -0.15) is 5.10 Å². The molecule has 3 nitrogen and oxygen atoms in total. The first kappa shape index (κ1) is 15.1. The summed E-state index contributed by atoms with van der Waals surface area (Å²) in [5, 5.41) is 4.90. The molecule has 1 heterocycles. The second-order valence-electron chi connectivity index (χ2n) is 7.48. The number of nitrogens with zero attached hydrogens (tertiary/aromatic N) is 2. The van der Waals surface area contributed by atoms with Crippen LogP contribution in [0.25, 0.3) is 0 Å². The van der Waals surface area contributed by atoms with Crippen LogP contribution in [0.3, 0.4) is 0 Å². The Hall–Kier alpha value is -0.830. The topological polar surface area (TPSA) is 43.8 Å². The van der Waals surface area contributed by atoms with Gasteiger partial charge in [0, 0.05) is 6.20 Å². The van der Waals surface area contributed by atoms with Crippen LogP contribution in [0.4, 0.5) is 0 Å². The van der Waals surface area contributed by atoms with Gasteiger partial charge < -0.3 is 5.73 Å². The van der Waals surface area contributed by atoms with E-state index in [2.05, 4.69) is 23.9 Å². The molecule has 0 spiro atoms. The number of hydrogen-bond donors (Lipinski definition) is 1. The summed E-state index contributed by atoms with van der Waals surface area (Å²) in [5.41, 5.74) is 7.74. The van der Waals surface area contributed by atoms with E-state index in [0.29, 0.717) is 11.5 Å². The lowest BCUT2D eigenvalue weighted by Gasteiger charge is -2.27. The standard InChI is InChI=1S/C18H31N3/c1-2-15-8-10-18(12-15,14-19)13-16-9-11-21(20-16)17-6-4-3-5-7-17/h9,11,15,17H,2-8,10,12-14,19H2,1H3. The van der Waals surface area contributed by atoms with Gasteiger partial charge in [-0.1, -0.05) is 32.6 Å². The zero-order chi connectivity index (χ0) is 14.7. The second kappa shape index (κ2) is 6.51. The van der Waals surface area contributed by atoms with E-state index in [-0.39, 0.29) is 0 Å². The van der Waals surface area contributed by atoms with Gasteiger partial charge in [-0.05, 0) is 62.5 Å². The Bertz CT molecular complexity index is 447. The predicted octanol–water partition coefficient (Wildman–Crippen LogP) is 4.09. The van der Waals surface area contributed by atoms with Crippen LogP contribution in [-0.2, 0) is 6.42 Å². The van der Waals surface area contributed by atoms with E-state index in [1.165, 1.54) is 63.5 Å². The molecule has 1 aromatic heterocycles. The first-order valence-electron chi connectivity index (χ1n) is 8.99.